The Labute approximate surface area is 92.2 Å². The molecule has 0 saturated carbocycles. The van der Waals surface area contributed by atoms with E-state index >= 15 is 0 Å². The van der Waals surface area contributed by atoms with E-state index in [-0.39, 0.29) is 0 Å². The molecule has 0 amide bonds. The summed E-state index contributed by atoms with van der Waals surface area (Å²) in [6.45, 7) is 2.07. The molecule has 0 saturated heterocycles. The van der Waals surface area contributed by atoms with Crippen LogP contribution in [-0.4, -0.2) is 26.7 Å². The van der Waals surface area contributed by atoms with E-state index in [4.69, 9.17) is 15.2 Å². The Morgan fingerprint density at radius 2 is 2.27 bits per heavy atom. The Bertz CT molecular complexity index is 362. The molecule has 15 heavy (non-hydrogen) atoms. The number of esters is 1. The molecule has 0 aliphatic heterocycles. The molecule has 0 atom stereocenters. The standard InChI is InChI=1S/C9H14N2O3S/c1-4-14-9(12)7-5(10)6(13-3)8(11-2)15-7/h11H,4,10H2,1-3H3. The smallest absolute Gasteiger partial charge is 0.350 e. The summed E-state index contributed by atoms with van der Waals surface area (Å²) in [5.41, 5.74) is 6.09. The van der Waals surface area contributed by atoms with Crippen molar-refractivity contribution in [3.8, 4) is 5.75 Å². The van der Waals surface area contributed by atoms with Crippen molar-refractivity contribution >= 4 is 28.0 Å². The Hall–Kier alpha value is -1.43. The van der Waals surface area contributed by atoms with Gasteiger partial charge in [0.1, 0.15) is 15.6 Å². The van der Waals surface area contributed by atoms with Gasteiger partial charge in [-0.2, -0.15) is 0 Å². The van der Waals surface area contributed by atoms with Gasteiger partial charge in [0.15, 0.2) is 5.75 Å². The van der Waals surface area contributed by atoms with Crippen LogP contribution in [0.25, 0.3) is 0 Å². The fourth-order valence-electron chi connectivity index (χ4n) is 1.14. The number of anilines is 2. The van der Waals surface area contributed by atoms with Crippen molar-refractivity contribution in [3.63, 3.8) is 0 Å². The van der Waals surface area contributed by atoms with Crippen LogP contribution in [0.4, 0.5) is 10.7 Å². The van der Waals surface area contributed by atoms with Gasteiger partial charge < -0.3 is 20.5 Å². The van der Waals surface area contributed by atoms with Gasteiger partial charge in [0.25, 0.3) is 0 Å². The quantitative estimate of drug-likeness (QED) is 0.768. The molecule has 0 aliphatic rings. The minimum atomic E-state index is -0.417. The first-order valence-electron chi connectivity index (χ1n) is 4.46. The first-order chi connectivity index (χ1) is 7.15. The maximum atomic E-state index is 11.5. The molecule has 5 nitrogen and oxygen atoms in total. The Morgan fingerprint density at radius 3 is 2.67 bits per heavy atom. The molecule has 1 heterocycles. The second kappa shape index (κ2) is 4.88. The van der Waals surface area contributed by atoms with Gasteiger partial charge in [-0.15, -0.1) is 11.3 Å². The summed E-state index contributed by atoms with van der Waals surface area (Å²) < 4.78 is 9.97. The molecule has 0 bridgehead atoms. The third-order valence-electron chi connectivity index (χ3n) is 1.79. The zero-order valence-corrected chi connectivity index (χ0v) is 9.73. The zero-order valence-electron chi connectivity index (χ0n) is 8.92. The average molecular weight is 230 g/mol. The van der Waals surface area contributed by atoms with E-state index in [0.717, 1.165) is 5.00 Å². The largest absolute Gasteiger partial charge is 0.492 e. The molecule has 1 aromatic rings. The Balaban J connectivity index is 3.09. The van der Waals surface area contributed by atoms with Gasteiger partial charge in [-0.05, 0) is 6.92 Å². The number of nitrogens with one attached hydrogen (secondary N) is 1. The highest BCUT2D eigenvalue weighted by atomic mass is 32.1. The molecule has 0 radical (unpaired) electrons. The van der Waals surface area contributed by atoms with Crippen LogP contribution < -0.4 is 15.8 Å². The summed E-state index contributed by atoms with van der Waals surface area (Å²) in [5.74, 6) is 0.0744. The molecule has 84 valence electrons. The van der Waals surface area contributed by atoms with Crippen LogP contribution in [-0.2, 0) is 4.74 Å². The molecular weight excluding hydrogens is 216 g/mol. The molecule has 0 aliphatic carbocycles. The van der Waals surface area contributed by atoms with Crippen molar-refractivity contribution in [2.75, 3.05) is 31.8 Å². The summed E-state index contributed by atoms with van der Waals surface area (Å²) in [6, 6.07) is 0. The first-order valence-corrected chi connectivity index (χ1v) is 5.28. The predicted octanol–water partition coefficient (Wildman–Crippen LogP) is 1.56. The van der Waals surface area contributed by atoms with Gasteiger partial charge in [0.05, 0.1) is 13.7 Å². The average Bonchev–Trinajstić information content (AvgIpc) is 2.55. The number of carbonyl (C=O) groups is 1. The molecule has 0 spiro atoms. The number of hydrogen-bond acceptors (Lipinski definition) is 6. The van der Waals surface area contributed by atoms with Crippen LogP contribution in [0.1, 0.15) is 16.6 Å². The lowest BCUT2D eigenvalue weighted by Crippen LogP contribution is -2.05. The summed E-state index contributed by atoms with van der Waals surface area (Å²) in [4.78, 5) is 11.9. The molecule has 3 N–H and O–H groups in total. The molecule has 1 rings (SSSR count). The number of nitrogen functional groups attached to an aromatic ring is 1. The Morgan fingerprint density at radius 1 is 1.60 bits per heavy atom. The lowest BCUT2D eigenvalue weighted by atomic mass is 10.3. The third-order valence-corrected chi connectivity index (χ3v) is 2.98. The summed E-state index contributed by atoms with van der Waals surface area (Å²) in [5, 5.41) is 3.63. The minimum Gasteiger partial charge on any atom is -0.492 e. The van der Waals surface area contributed by atoms with E-state index in [1.54, 1.807) is 14.0 Å². The van der Waals surface area contributed by atoms with Crippen LogP contribution in [0.2, 0.25) is 0 Å². The fourth-order valence-corrected chi connectivity index (χ4v) is 2.08. The van der Waals surface area contributed by atoms with Crippen molar-refractivity contribution in [1.29, 1.82) is 0 Å². The van der Waals surface area contributed by atoms with Gasteiger partial charge in [-0.3, -0.25) is 0 Å². The highest BCUT2D eigenvalue weighted by Gasteiger charge is 2.21. The number of carbonyl (C=O) groups excluding carboxylic acids is 1. The first kappa shape index (κ1) is 11.6. The number of thiophene rings is 1. The molecule has 0 aromatic carbocycles. The monoisotopic (exact) mass is 230 g/mol. The molecule has 0 fully saturated rings. The molecule has 0 unspecified atom stereocenters. The van der Waals surface area contributed by atoms with Crippen LogP contribution in [0.5, 0.6) is 5.75 Å². The van der Waals surface area contributed by atoms with E-state index in [1.165, 1.54) is 18.4 Å². The summed E-state index contributed by atoms with van der Waals surface area (Å²) in [7, 11) is 3.25. The van der Waals surface area contributed by atoms with E-state index in [9.17, 15) is 4.79 Å². The maximum Gasteiger partial charge on any atom is 0.350 e. The normalized spacial score (nSPS) is 9.80. The lowest BCUT2D eigenvalue weighted by molar-refractivity contribution is 0.0533. The van der Waals surface area contributed by atoms with Crippen LogP contribution in [0.3, 0.4) is 0 Å². The van der Waals surface area contributed by atoms with Gasteiger partial charge in [0.2, 0.25) is 0 Å². The topological polar surface area (TPSA) is 73.6 Å². The van der Waals surface area contributed by atoms with Crippen molar-refractivity contribution in [3.05, 3.63) is 4.88 Å². The molecule has 1 aromatic heterocycles. The van der Waals surface area contributed by atoms with Crippen LogP contribution >= 0.6 is 11.3 Å². The van der Waals surface area contributed by atoms with Crippen molar-refractivity contribution in [2.24, 2.45) is 0 Å². The van der Waals surface area contributed by atoms with Crippen molar-refractivity contribution in [2.45, 2.75) is 6.92 Å². The number of nitrogens with two attached hydrogens (primary N) is 1. The second-order valence-electron chi connectivity index (χ2n) is 2.68. The zero-order chi connectivity index (χ0) is 11.4. The SMILES string of the molecule is CCOC(=O)c1sc(NC)c(OC)c1N. The number of methoxy groups -OCH3 is 1. The van der Waals surface area contributed by atoms with Gasteiger partial charge in [0, 0.05) is 7.05 Å². The van der Waals surface area contributed by atoms with Crippen molar-refractivity contribution < 1.29 is 14.3 Å². The van der Waals surface area contributed by atoms with Crippen LogP contribution in [0, 0.1) is 0 Å². The molecular formula is C9H14N2O3S. The lowest BCUT2D eigenvalue weighted by Gasteiger charge is -2.02. The van der Waals surface area contributed by atoms with Gasteiger partial charge >= 0.3 is 5.97 Å². The van der Waals surface area contributed by atoms with E-state index in [1.807, 2.05) is 0 Å². The highest BCUT2D eigenvalue weighted by molar-refractivity contribution is 7.19. The van der Waals surface area contributed by atoms with E-state index in [0.29, 0.717) is 22.9 Å². The second-order valence-corrected chi connectivity index (χ2v) is 3.70. The Kier molecular flexibility index (Phi) is 3.79. The van der Waals surface area contributed by atoms with Gasteiger partial charge in [-0.1, -0.05) is 0 Å². The van der Waals surface area contributed by atoms with E-state index in [2.05, 4.69) is 5.32 Å². The minimum absolute atomic E-state index is 0.324. The summed E-state index contributed by atoms with van der Waals surface area (Å²) >= 11 is 1.22. The van der Waals surface area contributed by atoms with E-state index < -0.39 is 5.97 Å². The predicted molar refractivity (Wildman–Crippen MR) is 60.8 cm³/mol. The van der Waals surface area contributed by atoms with Gasteiger partial charge in [-0.25, -0.2) is 4.79 Å². The fraction of sp³-hybridized carbons (Fsp3) is 0.444. The maximum absolute atomic E-state index is 11.5. The molecule has 6 heteroatoms. The number of hydrogen-bond donors (Lipinski definition) is 2. The third kappa shape index (κ3) is 2.15. The number of rotatable bonds is 4. The highest BCUT2D eigenvalue weighted by Crippen LogP contribution is 2.42. The van der Waals surface area contributed by atoms with Crippen LogP contribution in [0.15, 0.2) is 0 Å². The number of ether oxygens (including phenoxy) is 2. The van der Waals surface area contributed by atoms with Crippen molar-refractivity contribution in [1.82, 2.24) is 0 Å². The summed E-state index contributed by atoms with van der Waals surface area (Å²) in [6.07, 6.45) is 0.